The van der Waals surface area contributed by atoms with Gasteiger partial charge in [0.2, 0.25) is 0 Å². The summed E-state index contributed by atoms with van der Waals surface area (Å²) in [6, 6.07) is 0. The molecule has 1 heterocycles. The summed E-state index contributed by atoms with van der Waals surface area (Å²) in [6.07, 6.45) is 1.56. The van der Waals surface area contributed by atoms with E-state index in [1.165, 1.54) is 18.9 Å². The van der Waals surface area contributed by atoms with Gasteiger partial charge in [-0.25, -0.2) is 4.79 Å². The van der Waals surface area contributed by atoms with Crippen LogP contribution in [0.2, 0.25) is 0 Å². The maximum absolute atomic E-state index is 11.5. The number of carbonyl (C=O) groups is 2. The fourth-order valence-electron chi connectivity index (χ4n) is 1.51. The molecule has 0 amide bonds. The summed E-state index contributed by atoms with van der Waals surface area (Å²) in [7, 11) is 4.15. The molecule has 0 saturated carbocycles. The minimum absolute atomic E-state index is 0.0301. The topological polar surface area (TPSA) is 96.4 Å². The zero-order valence-corrected chi connectivity index (χ0v) is 9.97. The monoisotopic (exact) mass is 241 g/mol. The molecule has 1 aromatic heterocycles. The Balaban J connectivity index is 3.19. The van der Waals surface area contributed by atoms with Crippen LogP contribution in [0.15, 0.2) is 6.20 Å². The zero-order chi connectivity index (χ0) is 13.0. The third kappa shape index (κ3) is 2.62. The third-order valence-electron chi connectivity index (χ3n) is 2.33. The molecule has 1 atom stereocenters. The van der Waals surface area contributed by atoms with Crippen LogP contribution >= 0.6 is 0 Å². The Labute approximate surface area is 98.5 Å². The molecule has 94 valence electrons. The van der Waals surface area contributed by atoms with Crippen LogP contribution in [0, 0.1) is 0 Å². The first-order valence-corrected chi connectivity index (χ1v) is 4.94. The molecule has 0 aliphatic rings. The number of rotatable bonds is 4. The molecular weight excluding hydrogens is 226 g/mol. The fourth-order valence-corrected chi connectivity index (χ4v) is 1.51. The van der Waals surface area contributed by atoms with Gasteiger partial charge in [0.25, 0.3) is 0 Å². The lowest BCUT2D eigenvalue weighted by molar-refractivity contribution is -0.142. The molecule has 0 fully saturated rings. The van der Waals surface area contributed by atoms with Gasteiger partial charge in [-0.2, -0.15) is 5.10 Å². The van der Waals surface area contributed by atoms with E-state index in [2.05, 4.69) is 14.6 Å². The van der Waals surface area contributed by atoms with E-state index in [1.54, 1.807) is 13.2 Å². The van der Waals surface area contributed by atoms with Crippen molar-refractivity contribution >= 4 is 11.9 Å². The normalized spacial score (nSPS) is 12.0. The van der Waals surface area contributed by atoms with Gasteiger partial charge in [0, 0.05) is 25.4 Å². The Hall–Kier alpha value is -1.89. The largest absolute Gasteiger partial charge is 0.469 e. The summed E-state index contributed by atoms with van der Waals surface area (Å²) in [5.74, 6) is -1.84. The maximum Gasteiger partial charge on any atom is 0.358 e. The lowest BCUT2D eigenvalue weighted by Gasteiger charge is -2.11. The molecule has 0 saturated heterocycles. The van der Waals surface area contributed by atoms with E-state index in [9.17, 15) is 9.59 Å². The van der Waals surface area contributed by atoms with Gasteiger partial charge in [0.05, 0.1) is 20.1 Å². The van der Waals surface area contributed by atoms with Crippen LogP contribution in [0.5, 0.6) is 0 Å². The number of aryl methyl sites for hydroxylation is 1. The first-order valence-electron chi connectivity index (χ1n) is 4.94. The van der Waals surface area contributed by atoms with Crippen molar-refractivity contribution in [3.05, 3.63) is 17.5 Å². The Bertz CT molecular complexity index is 427. The van der Waals surface area contributed by atoms with E-state index in [0.29, 0.717) is 5.56 Å². The van der Waals surface area contributed by atoms with Crippen LogP contribution in [0.1, 0.15) is 22.0 Å². The summed E-state index contributed by atoms with van der Waals surface area (Å²) in [5, 5.41) is 3.95. The number of hydrogen-bond donors (Lipinski definition) is 1. The summed E-state index contributed by atoms with van der Waals surface area (Å²) in [4.78, 5) is 23.0. The number of nitrogens with two attached hydrogens (primary N) is 1. The van der Waals surface area contributed by atoms with E-state index < -0.39 is 17.9 Å². The minimum atomic E-state index is -0.720. The standard InChI is InChI=1S/C10H15N3O4/c1-13-5-7(6(4-11)9(14)16-2)8(12-13)10(15)17-3/h5-6H,4,11H2,1-3H3. The van der Waals surface area contributed by atoms with Crippen molar-refractivity contribution in [2.24, 2.45) is 12.8 Å². The summed E-state index contributed by atoms with van der Waals surface area (Å²) < 4.78 is 10.6. The Morgan fingerprint density at radius 2 is 2.12 bits per heavy atom. The summed E-state index contributed by atoms with van der Waals surface area (Å²) in [6.45, 7) is 0.0301. The molecule has 0 spiro atoms. The molecule has 1 unspecified atom stereocenters. The maximum atomic E-state index is 11.5. The van der Waals surface area contributed by atoms with Gasteiger partial charge in [-0.3, -0.25) is 9.48 Å². The fraction of sp³-hybridized carbons (Fsp3) is 0.500. The second-order valence-corrected chi connectivity index (χ2v) is 3.41. The van der Waals surface area contributed by atoms with Gasteiger partial charge in [-0.05, 0) is 0 Å². The summed E-state index contributed by atoms with van der Waals surface area (Å²) in [5.41, 5.74) is 6.00. The molecule has 1 rings (SSSR count). The molecule has 1 aromatic rings. The zero-order valence-electron chi connectivity index (χ0n) is 9.97. The van der Waals surface area contributed by atoms with Gasteiger partial charge in [-0.15, -0.1) is 0 Å². The predicted molar refractivity (Wildman–Crippen MR) is 58.4 cm³/mol. The van der Waals surface area contributed by atoms with Crippen molar-refractivity contribution in [3.63, 3.8) is 0 Å². The van der Waals surface area contributed by atoms with Gasteiger partial charge in [-0.1, -0.05) is 0 Å². The molecule has 2 N–H and O–H groups in total. The highest BCUT2D eigenvalue weighted by Gasteiger charge is 2.28. The Morgan fingerprint density at radius 1 is 1.47 bits per heavy atom. The van der Waals surface area contributed by atoms with Crippen LogP contribution in [-0.2, 0) is 21.3 Å². The van der Waals surface area contributed by atoms with E-state index in [1.807, 2.05) is 0 Å². The van der Waals surface area contributed by atoms with Gasteiger partial charge in [0.15, 0.2) is 5.69 Å². The number of nitrogens with zero attached hydrogens (tertiary/aromatic N) is 2. The second kappa shape index (κ2) is 5.44. The van der Waals surface area contributed by atoms with Crippen molar-refractivity contribution in [1.29, 1.82) is 0 Å². The number of aromatic nitrogens is 2. The Morgan fingerprint density at radius 3 is 2.59 bits per heavy atom. The molecule has 7 nitrogen and oxygen atoms in total. The highest BCUT2D eigenvalue weighted by Crippen LogP contribution is 2.20. The number of methoxy groups -OCH3 is 2. The smallest absolute Gasteiger partial charge is 0.358 e. The summed E-state index contributed by atoms with van der Waals surface area (Å²) >= 11 is 0. The number of carbonyl (C=O) groups excluding carboxylic acids is 2. The predicted octanol–water partition coefficient (Wildman–Crippen LogP) is -0.578. The van der Waals surface area contributed by atoms with E-state index in [0.717, 1.165) is 0 Å². The van der Waals surface area contributed by atoms with Crippen LogP contribution in [0.4, 0.5) is 0 Å². The third-order valence-corrected chi connectivity index (χ3v) is 2.33. The molecule has 0 aliphatic carbocycles. The van der Waals surface area contributed by atoms with Crippen LogP contribution in [-0.4, -0.2) is 42.5 Å². The van der Waals surface area contributed by atoms with Gasteiger partial charge in [0.1, 0.15) is 0 Å². The van der Waals surface area contributed by atoms with Crippen molar-refractivity contribution < 1.29 is 19.1 Å². The minimum Gasteiger partial charge on any atom is -0.469 e. The average molecular weight is 241 g/mol. The average Bonchev–Trinajstić information content (AvgIpc) is 2.70. The molecular formula is C10H15N3O4. The van der Waals surface area contributed by atoms with Crippen LogP contribution in [0.25, 0.3) is 0 Å². The van der Waals surface area contributed by atoms with Crippen LogP contribution in [0.3, 0.4) is 0 Å². The highest BCUT2D eigenvalue weighted by atomic mass is 16.5. The first-order chi connectivity index (χ1) is 8.04. The highest BCUT2D eigenvalue weighted by molar-refractivity contribution is 5.91. The van der Waals surface area contributed by atoms with E-state index in [4.69, 9.17) is 5.73 Å². The first kappa shape index (κ1) is 13.2. The molecule has 17 heavy (non-hydrogen) atoms. The van der Waals surface area contributed by atoms with Crippen molar-refractivity contribution in [1.82, 2.24) is 9.78 Å². The van der Waals surface area contributed by atoms with Crippen molar-refractivity contribution in [3.8, 4) is 0 Å². The van der Waals surface area contributed by atoms with E-state index >= 15 is 0 Å². The van der Waals surface area contributed by atoms with Crippen molar-refractivity contribution in [2.75, 3.05) is 20.8 Å². The van der Waals surface area contributed by atoms with Gasteiger partial charge >= 0.3 is 11.9 Å². The molecule has 7 heteroatoms. The number of hydrogen-bond acceptors (Lipinski definition) is 6. The lowest BCUT2D eigenvalue weighted by Crippen LogP contribution is -2.24. The van der Waals surface area contributed by atoms with Gasteiger partial charge < -0.3 is 15.2 Å². The lowest BCUT2D eigenvalue weighted by atomic mass is 10.00. The van der Waals surface area contributed by atoms with E-state index in [-0.39, 0.29) is 12.2 Å². The Kier molecular flexibility index (Phi) is 4.22. The number of ether oxygens (including phenoxy) is 2. The van der Waals surface area contributed by atoms with Crippen molar-refractivity contribution in [2.45, 2.75) is 5.92 Å². The molecule has 0 aromatic carbocycles. The SMILES string of the molecule is COC(=O)c1nn(C)cc1C(CN)C(=O)OC. The number of esters is 2. The molecule has 0 radical (unpaired) electrons. The second-order valence-electron chi connectivity index (χ2n) is 3.41. The molecule has 0 aliphatic heterocycles. The quantitative estimate of drug-likeness (QED) is 0.708. The van der Waals surface area contributed by atoms with Crippen LogP contribution < -0.4 is 5.73 Å². The molecule has 0 bridgehead atoms.